The molecular weight excluding hydrogens is 402 g/mol. The van der Waals surface area contributed by atoms with Crippen molar-refractivity contribution in [3.8, 4) is 0 Å². The van der Waals surface area contributed by atoms with E-state index in [9.17, 15) is 14.4 Å². The molecule has 1 aromatic heterocycles. The Kier molecular flexibility index (Phi) is 5.10. The topological polar surface area (TPSA) is 103 Å². The molecule has 5 rings (SSSR count). The lowest BCUT2D eigenvalue weighted by Crippen LogP contribution is -2.52. The lowest BCUT2D eigenvalue weighted by Gasteiger charge is -2.29. The number of imide groups is 1. The van der Waals surface area contributed by atoms with Gasteiger partial charge in [-0.15, -0.1) is 11.3 Å². The number of carbonyl (C=O) groups excluding carboxylic acids is 3. The Morgan fingerprint density at radius 2 is 2.10 bits per heavy atom. The van der Waals surface area contributed by atoms with Gasteiger partial charge in [0.05, 0.1) is 5.69 Å². The second-order valence-electron chi connectivity index (χ2n) is 7.90. The molecule has 156 valence electrons. The van der Waals surface area contributed by atoms with Gasteiger partial charge in [0.25, 0.3) is 5.91 Å². The number of amides is 3. The number of benzene rings is 1. The smallest absolute Gasteiger partial charge is 0.255 e. The zero-order valence-corrected chi connectivity index (χ0v) is 17.3. The van der Waals surface area contributed by atoms with E-state index >= 15 is 0 Å². The van der Waals surface area contributed by atoms with E-state index in [2.05, 4.69) is 16.0 Å². The molecule has 1 saturated heterocycles. The van der Waals surface area contributed by atoms with Crippen LogP contribution in [0.4, 0.5) is 0 Å². The highest BCUT2D eigenvalue weighted by Gasteiger charge is 2.39. The first-order valence-corrected chi connectivity index (χ1v) is 11.1. The Labute approximate surface area is 178 Å². The number of hydrogen-bond donors (Lipinski definition) is 3. The molecule has 8 nitrogen and oxygen atoms in total. The third kappa shape index (κ3) is 3.64. The molecule has 2 aromatic rings. The average Bonchev–Trinajstić information content (AvgIpc) is 3.29. The van der Waals surface area contributed by atoms with E-state index < -0.39 is 6.04 Å². The van der Waals surface area contributed by atoms with Crippen LogP contribution in [0.5, 0.6) is 0 Å². The first-order valence-electron chi connectivity index (χ1n) is 10.2. The van der Waals surface area contributed by atoms with Crippen molar-refractivity contribution in [2.75, 3.05) is 6.54 Å². The second kappa shape index (κ2) is 7.90. The number of piperidine rings is 1. The van der Waals surface area contributed by atoms with Gasteiger partial charge in [-0.1, -0.05) is 12.1 Å². The van der Waals surface area contributed by atoms with E-state index in [-0.39, 0.29) is 24.1 Å². The number of hydrogen-bond acceptors (Lipinski definition) is 7. The Morgan fingerprint density at radius 1 is 1.20 bits per heavy atom. The van der Waals surface area contributed by atoms with Crippen LogP contribution in [0, 0.1) is 0 Å². The van der Waals surface area contributed by atoms with Crippen LogP contribution >= 0.6 is 11.3 Å². The quantitative estimate of drug-likeness (QED) is 0.614. The summed E-state index contributed by atoms with van der Waals surface area (Å²) in [5.74, 6) is -0.789. The summed E-state index contributed by atoms with van der Waals surface area (Å²) in [4.78, 5) is 44.1. The highest BCUT2D eigenvalue weighted by molar-refractivity contribution is 7.11. The highest BCUT2D eigenvalue weighted by atomic mass is 32.1. The van der Waals surface area contributed by atoms with Crippen molar-refractivity contribution in [2.45, 2.75) is 51.5 Å². The van der Waals surface area contributed by atoms with Gasteiger partial charge in [-0.3, -0.25) is 19.7 Å². The van der Waals surface area contributed by atoms with Gasteiger partial charge in [-0.05, 0) is 23.6 Å². The number of aromatic nitrogens is 1. The van der Waals surface area contributed by atoms with Gasteiger partial charge in [0.15, 0.2) is 0 Å². The minimum Gasteiger partial charge on any atom is -0.322 e. The molecule has 0 spiro atoms. The third-order valence-electron chi connectivity index (χ3n) is 5.84. The summed E-state index contributed by atoms with van der Waals surface area (Å²) in [6, 6.07) is 5.32. The Morgan fingerprint density at radius 3 is 2.93 bits per heavy atom. The number of nitrogens with zero attached hydrogens (tertiary/aromatic N) is 2. The first kappa shape index (κ1) is 19.3. The predicted molar refractivity (Wildman–Crippen MR) is 111 cm³/mol. The Bertz CT molecular complexity index is 1010. The van der Waals surface area contributed by atoms with Gasteiger partial charge in [-0.25, -0.2) is 4.98 Å². The molecule has 0 saturated carbocycles. The van der Waals surface area contributed by atoms with Crippen LogP contribution in [0.3, 0.4) is 0 Å². The van der Waals surface area contributed by atoms with E-state index in [1.807, 2.05) is 18.2 Å². The standard InChI is InChI=1S/C21H23N5O3S/c27-18-4-3-16(20(28)25-18)26-11-13-2-1-12(7-14(13)21(26)29)8-23-10-19-24-15-5-6-22-9-17(15)30-19/h1-2,7,16,22-23H,3-6,8-11H2,(H,25,27,28). The van der Waals surface area contributed by atoms with E-state index in [0.717, 1.165) is 35.6 Å². The van der Waals surface area contributed by atoms with Crippen LogP contribution in [0.25, 0.3) is 0 Å². The number of nitrogens with one attached hydrogen (secondary N) is 3. The van der Waals surface area contributed by atoms with Crippen LogP contribution < -0.4 is 16.0 Å². The third-order valence-corrected chi connectivity index (χ3v) is 6.94. The number of carbonyl (C=O) groups is 3. The maximum absolute atomic E-state index is 12.9. The second-order valence-corrected chi connectivity index (χ2v) is 9.07. The molecule has 3 aliphatic heterocycles. The van der Waals surface area contributed by atoms with Gasteiger partial charge >= 0.3 is 0 Å². The Hall–Kier alpha value is -2.62. The Balaban J connectivity index is 1.22. The summed E-state index contributed by atoms with van der Waals surface area (Å²) >= 11 is 1.75. The van der Waals surface area contributed by atoms with Crippen LogP contribution in [0.2, 0.25) is 0 Å². The largest absolute Gasteiger partial charge is 0.322 e. The summed E-state index contributed by atoms with van der Waals surface area (Å²) in [6.07, 6.45) is 1.64. The maximum atomic E-state index is 12.9. The van der Waals surface area contributed by atoms with Gasteiger partial charge in [0.2, 0.25) is 11.8 Å². The molecule has 3 amide bonds. The first-order chi connectivity index (χ1) is 14.6. The molecule has 0 radical (unpaired) electrons. The molecular formula is C21H23N5O3S. The number of thiazole rings is 1. The highest BCUT2D eigenvalue weighted by Crippen LogP contribution is 2.28. The molecule has 1 unspecified atom stereocenters. The minimum atomic E-state index is -0.574. The average molecular weight is 426 g/mol. The molecule has 4 heterocycles. The van der Waals surface area contributed by atoms with E-state index in [4.69, 9.17) is 4.98 Å². The molecule has 3 aliphatic rings. The van der Waals surface area contributed by atoms with E-state index in [1.54, 1.807) is 16.2 Å². The summed E-state index contributed by atoms with van der Waals surface area (Å²) in [6.45, 7) is 3.64. The van der Waals surface area contributed by atoms with Crippen LogP contribution in [-0.4, -0.2) is 40.2 Å². The van der Waals surface area contributed by atoms with Crippen molar-refractivity contribution in [3.05, 3.63) is 50.5 Å². The fraction of sp³-hybridized carbons (Fsp3) is 0.429. The molecule has 30 heavy (non-hydrogen) atoms. The van der Waals surface area contributed by atoms with Crippen LogP contribution in [-0.2, 0) is 42.2 Å². The van der Waals surface area contributed by atoms with Gasteiger partial charge in [0.1, 0.15) is 11.0 Å². The number of fused-ring (bicyclic) bond motifs is 2. The fourth-order valence-corrected chi connectivity index (χ4v) is 5.33. The van der Waals surface area contributed by atoms with Crippen molar-refractivity contribution in [1.82, 2.24) is 25.8 Å². The molecule has 1 atom stereocenters. The van der Waals surface area contributed by atoms with Gasteiger partial charge < -0.3 is 15.5 Å². The van der Waals surface area contributed by atoms with Crippen molar-refractivity contribution in [1.29, 1.82) is 0 Å². The monoisotopic (exact) mass is 425 g/mol. The van der Waals surface area contributed by atoms with Crippen molar-refractivity contribution in [3.63, 3.8) is 0 Å². The lowest BCUT2D eigenvalue weighted by atomic mass is 10.0. The zero-order valence-electron chi connectivity index (χ0n) is 16.5. The van der Waals surface area contributed by atoms with Crippen LogP contribution in [0.1, 0.15) is 49.9 Å². The van der Waals surface area contributed by atoms with Crippen molar-refractivity contribution < 1.29 is 14.4 Å². The normalized spacial score (nSPS) is 20.9. The molecule has 1 fully saturated rings. The summed E-state index contributed by atoms with van der Waals surface area (Å²) in [5.41, 5.74) is 3.81. The van der Waals surface area contributed by atoms with Gasteiger partial charge in [-0.2, -0.15) is 0 Å². The lowest BCUT2D eigenvalue weighted by molar-refractivity contribution is -0.136. The predicted octanol–water partition coefficient (Wildman–Crippen LogP) is 0.840. The van der Waals surface area contributed by atoms with Crippen molar-refractivity contribution >= 4 is 29.1 Å². The summed E-state index contributed by atoms with van der Waals surface area (Å²) in [7, 11) is 0. The number of rotatable bonds is 5. The summed E-state index contributed by atoms with van der Waals surface area (Å²) < 4.78 is 0. The SMILES string of the molecule is O=C1CCC(N2Cc3ccc(CNCc4nc5c(s4)CNCC5)cc3C2=O)C(=O)N1. The maximum Gasteiger partial charge on any atom is 0.255 e. The van der Waals surface area contributed by atoms with E-state index in [1.165, 1.54) is 10.6 Å². The zero-order chi connectivity index (χ0) is 20.7. The molecule has 1 aromatic carbocycles. The van der Waals surface area contributed by atoms with Crippen molar-refractivity contribution in [2.24, 2.45) is 0 Å². The molecule has 0 aliphatic carbocycles. The minimum absolute atomic E-state index is 0.138. The fourth-order valence-electron chi connectivity index (χ4n) is 4.28. The molecule has 3 N–H and O–H groups in total. The van der Waals surface area contributed by atoms with Crippen LogP contribution in [0.15, 0.2) is 18.2 Å². The summed E-state index contributed by atoms with van der Waals surface area (Å²) in [5, 5.41) is 10.2. The molecule has 9 heteroatoms. The van der Waals surface area contributed by atoms with E-state index in [0.29, 0.717) is 31.6 Å². The van der Waals surface area contributed by atoms with Gasteiger partial charge in [0, 0.05) is 56.0 Å². The molecule has 0 bridgehead atoms.